The summed E-state index contributed by atoms with van der Waals surface area (Å²) in [5.41, 5.74) is 6.70. The smallest absolute Gasteiger partial charge is 0.237 e. The van der Waals surface area contributed by atoms with Gasteiger partial charge in [-0.25, -0.2) is 8.78 Å². The van der Waals surface area contributed by atoms with Crippen molar-refractivity contribution < 1.29 is 13.6 Å². The highest BCUT2D eigenvalue weighted by atomic mass is 32.2. The first kappa shape index (κ1) is 15.3. The third-order valence-corrected chi connectivity index (χ3v) is 3.94. The largest absolute Gasteiger partial charge is 0.397 e. The number of benzene rings is 2. The Hall–Kier alpha value is -2.08. The maximum atomic E-state index is 13.6. The number of carbonyl (C=O) groups is 1. The number of rotatable bonds is 4. The second-order valence-electron chi connectivity index (χ2n) is 4.41. The average Bonchev–Trinajstić information content (AvgIpc) is 2.44. The van der Waals surface area contributed by atoms with Crippen molar-refractivity contribution in [3.63, 3.8) is 0 Å². The lowest BCUT2D eigenvalue weighted by atomic mass is 10.2. The summed E-state index contributed by atoms with van der Waals surface area (Å²) in [6.45, 7) is 1.64. The summed E-state index contributed by atoms with van der Waals surface area (Å²) in [5.74, 6) is -1.63. The zero-order chi connectivity index (χ0) is 15.4. The molecule has 0 fully saturated rings. The van der Waals surface area contributed by atoms with Gasteiger partial charge in [-0.1, -0.05) is 12.1 Å². The third kappa shape index (κ3) is 3.95. The third-order valence-electron chi connectivity index (χ3n) is 2.79. The Morgan fingerprint density at radius 3 is 2.62 bits per heavy atom. The lowest BCUT2D eigenvalue weighted by Gasteiger charge is -2.13. The minimum absolute atomic E-state index is 0.222. The van der Waals surface area contributed by atoms with Crippen LogP contribution in [-0.2, 0) is 4.79 Å². The fourth-order valence-electron chi connectivity index (χ4n) is 1.66. The van der Waals surface area contributed by atoms with Gasteiger partial charge >= 0.3 is 0 Å². The van der Waals surface area contributed by atoms with Gasteiger partial charge in [-0.2, -0.15) is 0 Å². The maximum Gasteiger partial charge on any atom is 0.237 e. The first-order chi connectivity index (χ1) is 9.97. The van der Waals surface area contributed by atoms with Gasteiger partial charge in [0.05, 0.1) is 16.6 Å². The number of halogens is 2. The highest BCUT2D eigenvalue weighted by molar-refractivity contribution is 8.00. The molecule has 2 aromatic carbocycles. The van der Waals surface area contributed by atoms with Crippen LogP contribution < -0.4 is 11.1 Å². The number of anilines is 2. The highest BCUT2D eigenvalue weighted by Crippen LogP contribution is 2.27. The van der Waals surface area contributed by atoms with Gasteiger partial charge in [-0.05, 0) is 31.2 Å². The van der Waals surface area contributed by atoms with Crippen LogP contribution in [0, 0.1) is 11.6 Å². The van der Waals surface area contributed by atoms with Crippen molar-refractivity contribution in [2.45, 2.75) is 17.1 Å². The predicted molar refractivity (Wildman–Crippen MR) is 81.2 cm³/mol. The van der Waals surface area contributed by atoms with Crippen LogP contribution in [0.25, 0.3) is 0 Å². The number of nitrogens with two attached hydrogens (primary N) is 1. The van der Waals surface area contributed by atoms with E-state index in [1.54, 1.807) is 31.2 Å². The zero-order valence-electron chi connectivity index (χ0n) is 11.3. The monoisotopic (exact) mass is 308 g/mol. The van der Waals surface area contributed by atoms with E-state index in [1.165, 1.54) is 6.07 Å². The predicted octanol–water partition coefficient (Wildman–Crippen LogP) is 3.67. The molecule has 0 saturated carbocycles. The molecule has 0 radical (unpaired) electrons. The van der Waals surface area contributed by atoms with E-state index in [-0.39, 0.29) is 10.8 Å². The Bertz CT molecular complexity index is 664. The molecule has 2 aromatic rings. The first-order valence-electron chi connectivity index (χ1n) is 6.24. The number of hydrogen-bond donors (Lipinski definition) is 2. The van der Waals surface area contributed by atoms with Gasteiger partial charge in [-0.3, -0.25) is 4.79 Å². The van der Waals surface area contributed by atoms with Gasteiger partial charge < -0.3 is 11.1 Å². The van der Waals surface area contributed by atoms with Crippen molar-refractivity contribution in [1.82, 2.24) is 0 Å². The summed E-state index contributed by atoms with van der Waals surface area (Å²) in [7, 11) is 0. The summed E-state index contributed by atoms with van der Waals surface area (Å²) in [4.78, 5) is 12.3. The van der Waals surface area contributed by atoms with Crippen molar-refractivity contribution in [3.05, 3.63) is 54.1 Å². The van der Waals surface area contributed by atoms with Gasteiger partial charge in [0.2, 0.25) is 5.91 Å². The van der Waals surface area contributed by atoms with Crippen LogP contribution in [-0.4, -0.2) is 11.2 Å². The molecule has 0 spiro atoms. The number of amides is 1. The first-order valence-corrected chi connectivity index (χ1v) is 7.12. The van der Waals surface area contributed by atoms with Gasteiger partial charge in [0, 0.05) is 11.0 Å². The van der Waals surface area contributed by atoms with E-state index in [4.69, 9.17) is 5.73 Å². The molecular formula is C15H14F2N2OS. The fraction of sp³-hybridized carbons (Fsp3) is 0.133. The lowest BCUT2D eigenvalue weighted by Crippen LogP contribution is -2.23. The van der Waals surface area contributed by atoms with Crippen LogP contribution >= 0.6 is 11.8 Å². The van der Waals surface area contributed by atoms with E-state index in [0.717, 1.165) is 23.9 Å². The van der Waals surface area contributed by atoms with Crippen molar-refractivity contribution >= 4 is 29.0 Å². The molecule has 1 atom stereocenters. The summed E-state index contributed by atoms with van der Waals surface area (Å²) >= 11 is 1.02. The van der Waals surface area contributed by atoms with Gasteiger partial charge in [0.1, 0.15) is 11.6 Å². The standard InChI is InChI=1S/C15H14F2N2OS/c1-9(21-14-7-6-10(16)8-11(14)17)15(20)19-13-5-3-2-4-12(13)18/h2-9H,18H2,1H3,(H,19,20). The number of carbonyl (C=O) groups excluding carboxylic acids is 1. The Balaban J connectivity index is 2.04. The SMILES string of the molecule is CC(Sc1ccc(F)cc1F)C(=O)Nc1ccccc1N. The summed E-state index contributed by atoms with van der Waals surface area (Å²) < 4.78 is 26.4. The van der Waals surface area contributed by atoms with Crippen LogP contribution in [0.5, 0.6) is 0 Å². The van der Waals surface area contributed by atoms with Crippen LogP contribution in [0.1, 0.15) is 6.92 Å². The molecule has 0 saturated heterocycles. The normalized spacial score (nSPS) is 12.0. The molecule has 6 heteroatoms. The molecule has 0 aliphatic rings. The van der Waals surface area contributed by atoms with Crippen LogP contribution in [0.2, 0.25) is 0 Å². The summed E-state index contributed by atoms with van der Waals surface area (Å²) in [5, 5.41) is 2.13. The number of thioether (sulfide) groups is 1. The van der Waals surface area contributed by atoms with E-state index in [2.05, 4.69) is 5.32 Å². The molecule has 1 amide bonds. The lowest BCUT2D eigenvalue weighted by molar-refractivity contribution is -0.115. The van der Waals surface area contributed by atoms with E-state index < -0.39 is 16.9 Å². The van der Waals surface area contributed by atoms with Crippen molar-refractivity contribution in [2.75, 3.05) is 11.1 Å². The van der Waals surface area contributed by atoms with E-state index in [1.807, 2.05) is 0 Å². The van der Waals surface area contributed by atoms with Gasteiger partial charge in [0.15, 0.2) is 0 Å². The van der Waals surface area contributed by atoms with Gasteiger partial charge in [0.25, 0.3) is 0 Å². The molecule has 0 aliphatic heterocycles. The van der Waals surface area contributed by atoms with E-state index >= 15 is 0 Å². The molecule has 3 nitrogen and oxygen atoms in total. The average molecular weight is 308 g/mol. The van der Waals surface area contributed by atoms with E-state index in [9.17, 15) is 13.6 Å². The zero-order valence-corrected chi connectivity index (χ0v) is 12.1. The molecule has 3 N–H and O–H groups in total. The maximum absolute atomic E-state index is 13.6. The molecule has 2 rings (SSSR count). The van der Waals surface area contributed by atoms with Crippen molar-refractivity contribution in [3.8, 4) is 0 Å². The number of hydrogen-bond acceptors (Lipinski definition) is 3. The molecule has 21 heavy (non-hydrogen) atoms. The Morgan fingerprint density at radius 1 is 1.24 bits per heavy atom. The minimum atomic E-state index is -0.682. The molecule has 0 aromatic heterocycles. The Labute approximate surface area is 125 Å². The minimum Gasteiger partial charge on any atom is -0.397 e. The van der Waals surface area contributed by atoms with Crippen molar-refractivity contribution in [2.24, 2.45) is 0 Å². The molecule has 110 valence electrons. The molecule has 0 heterocycles. The molecule has 0 bridgehead atoms. The van der Waals surface area contributed by atoms with Crippen LogP contribution in [0.15, 0.2) is 47.4 Å². The van der Waals surface area contributed by atoms with Crippen molar-refractivity contribution in [1.29, 1.82) is 0 Å². The molecular weight excluding hydrogens is 294 g/mol. The van der Waals surface area contributed by atoms with Gasteiger partial charge in [-0.15, -0.1) is 11.8 Å². The molecule has 1 unspecified atom stereocenters. The van der Waals surface area contributed by atoms with Crippen LogP contribution in [0.3, 0.4) is 0 Å². The summed E-state index contributed by atoms with van der Waals surface area (Å²) in [6.07, 6.45) is 0. The second-order valence-corrected chi connectivity index (χ2v) is 5.79. The number of para-hydroxylation sites is 2. The number of nitrogen functional groups attached to an aromatic ring is 1. The quantitative estimate of drug-likeness (QED) is 0.669. The number of nitrogens with one attached hydrogen (secondary N) is 1. The topological polar surface area (TPSA) is 55.1 Å². The fourth-order valence-corrected chi connectivity index (χ4v) is 2.52. The second kappa shape index (κ2) is 6.58. The Morgan fingerprint density at radius 2 is 1.95 bits per heavy atom. The molecule has 0 aliphatic carbocycles. The summed E-state index contributed by atoms with van der Waals surface area (Å²) in [6, 6.07) is 10.1. The van der Waals surface area contributed by atoms with E-state index in [0.29, 0.717) is 11.4 Å². The highest BCUT2D eigenvalue weighted by Gasteiger charge is 2.17. The van der Waals surface area contributed by atoms with Crippen LogP contribution in [0.4, 0.5) is 20.2 Å². The Kier molecular flexibility index (Phi) is 4.80.